The molecule has 2 heterocycles. The molecule has 0 aromatic rings. The molecular formula is C13H27N3O. The predicted octanol–water partition coefficient (Wildman–Crippen LogP) is 0.389. The average molecular weight is 241 g/mol. The molecule has 100 valence electrons. The van der Waals surface area contributed by atoms with Gasteiger partial charge in [0.25, 0.3) is 0 Å². The highest BCUT2D eigenvalue weighted by atomic mass is 16.5. The Morgan fingerprint density at radius 2 is 2.12 bits per heavy atom. The molecule has 17 heavy (non-hydrogen) atoms. The number of hydrogen-bond donors (Lipinski definition) is 1. The standard InChI is InChI=1S/C13H27N3O/c1-11(2)16-6-7-17-13(10-16)8-14-12-4-5-15(3)9-12/h11-14H,4-10H2,1-3H3. The second kappa shape index (κ2) is 6.14. The summed E-state index contributed by atoms with van der Waals surface area (Å²) >= 11 is 0. The zero-order chi connectivity index (χ0) is 12.3. The maximum atomic E-state index is 5.83. The van der Waals surface area contributed by atoms with Gasteiger partial charge in [0.15, 0.2) is 0 Å². The largest absolute Gasteiger partial charge is 0.374 e. The van der Waals surface area contributed by atoms with Crippen LogP contribution >= 0.6 is 0 Å². The van der Waals surface area contributed by atoms with Crippen LogP contribution in [0.1, 0.15) is 20.3 Å². The maximum absolute atomic E-state index is 5.83. The molecule has 2 rings (SSSR count). The SMILES string of the molecule is CC(C)N1CCOC(CNC2CCN(C)C2)C1. The van der Waals surface area contributed by atoms with E-state index in [9.17, 15) is 0 Å². The second-order valence-electron chi connectivity index (χ2n) is 5.74. The molecule has 0 amide bonds. The first-order chi connectivity index (χ1) is 8.15. The van der Waals surface area contributed by atoms with Gasteiger partial charge in [-0.15, -0.1) is 0 Å². The van der Waals surface area contributed by atoms with Crippen molar-refractivity contribution < 1.29 is 4.74 Å². The van der Waals surface area contributed by atoms with Crippen LogP contribution in [0.15, 0.2) is 0 Å². The Kier molecular flexibility index (Phi) is 4.79. The van der Waals surface area contributed by atoms with Crippen LogP contribution in [0.5, 0.6) is 0 Å². The summed E-state index contributed by atoms with van der Waals surface area (Å²) in [6.45, 7) is 11.0. The maximum Gasteiger partial charge on any atom is 0.0826 e. The van der Waals surface area contributed by atoms with E-state index in [0.29, 0.717) is 18.2 Å². The molecule has 4 heteroatoms. The minimum atomic E-state index is 0.372. The van der Waals surface area contributed by atoms with E-state index in [2.05, 4.69) is 36.0 Å². The van der Waals surface area contributed by atoms with Crippen LogP contribution < -0.4 is 5.32 Å². The molecule has 2 atom stereocenters. The van der Waals surface area contributed by atoms with Gasteiger partial charge in [0.05, 0.1) is 12.7 Å². The van der Waals surface area contributed by atoms with Crippen LogP contribution in [0.4, 0.5) is 0 Å². The Balaban J connectivity index is 1.68. The first kappa shape index (κ1) is 13.3. The van der Waals surface area contributed by atoms with Crippen LogP contribution in [-0.4, -0.2) is 74.4 Å². The summed E-state index contributed by atoms with van der Waals surface area (Å²) in [6, 6.07) is 1.30. The van der Waals surface area contributed by atoms with Gasteiger partial charge < -0.3 is 15.0 Å². The summed E-state index contributed by atoms with van der Waals surface area (Å²) in [5.41, 5.74) is 0. The first-order valence-corrected chi connectivity index (χ1v) is 6.92. The Hall–Kier alpha value is -0.160. The molecular weight excluding hydrogens is 214 g/mol. The summed E-state index contributed by atoms with van der Waals surface area (Å²) in [6.07, 6.45) is 1.65. The Labute approximate surface area is 105 Å². The summed E-state index contributed by atoms with van der Waals surface area (Å²) in [4.78, 5) is 4.90. The average Bonchev–Trinajstić information content (AvgIpc) is 2.73. The predicted molar refractivity (Wildman–Crippen MR) is 70.4 cm³/mol. The Morgan fingerprint density at radius 1 is 1.29 bits per heavy atom. The molecule has 0 radical (unpaired) electrons. The lowest BCUT2D eigenvalue weighted by molar-refractivity contribution is -0.0380. The number of rotatable bonds is 4. The van der Waals surface area contributed by atoms with E-state index in [1.54, 1.807) is 0 Å². The summed E-state index contributed by atoms with van der Waals surface area (Å²) in [5.74, 6) is 0. The molecule has 1 N–H and O–H groups in total. The number of ether oxygens (including phenoxy) is 1. The van der Waals surface area contributed by atoms with E-state index in [0.717, 1.165) is 26.2 Å². The molecule has 0 aliphatic carbocycles. The molecule has 0 aromatic carbocycles. The number of nitrogens with one attached hydrogen (secondary N) is 1. The van der Waals surface area contributed by atoms with Crippen molar-refractivity contribution in [3.63, 3.8) is 0 Å². The van der Waals surface area contributed by atoms with Gasteiger partial charge >= 0.3 is 0 Å². The quantitative estimate of drug-likeness (QED) is 0.770. The van der Waals surface area contributed by atoms with Gasteiger partial charge in [-0.3, -0.25) is 4.90 Å². The lowest BCUT2D eigenvalue weighted by Gasteiger charge is -2.36. The molecule has 4 nitrogen and oxygen atoms in total. The summed E-state index contributed by atoms with van der Waals surface area (Å²) in [7, 11) is 2.19. The fraction of sp³-hybridized carbons (Fsp3) is 1.00. The lowest BCUT2D eigenvalue weighted by atomic mass is 10.2. The zero-order valence-electron chi connectivity index (χ0n) is 11.5. The van der Waals surface area contributed by atoms with Crippen LogP contribution in [0, 0.1) is 0 Å². The van der Waals surface area contributed by atoms with Crippen molar-refractivity contribution in [1.29, 1.82) is 0 Å². The lowest BCUT2D eigenvalue weighted by Crippen LogP contribution is -2.50. The third-order valence-corrected chi connectivity index (χ3v) is 3.93. The van der Waals surface area contributed by atoms with E-state index in [1.807, 2.05) is 0 Å². The molecule has 0 saturated carbocycles. The van der Waals surface area contributed by atoms with Crippen LogP contribution in [0.2, 0.25) is 0 Å². The normalized spacial score (nSPS) is 32.5. The van der Waals surface area contributed by atoms with Crippen molar-refractivity contribution in [3.8, 4) is 0 Å². The summed E-state index contributed by atoms with van der Waals surface area (Å²) < 4.78 is 5.83. The number of likely N-dealkylation sites (N-methyl/N-ethyl adjacent to an activating group) is 1. The molecule has 0 spiro atoms. The highest BCUT2D eigenvalue weighted by Crippen LogP contribution is 2.10. The van der Waals surface area contributed by atoms with Gasteiger partial charge in [-0.2, -0.15) is 0 Å². The number of likely N-dealkylation sites (tertiary alicyclic amines) is 1. The highest BCUT2D eigenvalue weighted by molar-refractivity contribution is 4.82. The van der Waals surface area contributed by atoms with Crippen LogP contribution in [-0.2, 0) is 4.74 Å². The topological polar surface area (TPSA) is 27.7 Å². The number of hydrogen-bond acceptors (Lipinski definition) is 4. The zero-order valence-corrected chi connectivity index (χ0v) is 11.5. The molecule has 2 aliphatic heterocycles. The van der Waals surface area contributed by atoms with Crippen molar-refractivity contribution in [2.75, 3.05) is 46.4 Å². The van der Waals surface area contributed by atoms with Gasteiger partial charge in [0.2, 0.25) is 0 Å². The van der Waals surface area contributed by atoms with E-state index >= 15 is 0 Å². The van der Waals surface area contributed by atoms with Crippen molar-refractivity contribution in [3.05, 3.63) is 0 Å². The third-order valence-electron chi connectivity index (χ3n) is 3.93. The molecule has 0 aromatic heterocycles. The van der Waals surface area contributed by atoms with E-state index in [4.69, 9.17) is 4.74 Å². The second-order valence-corrected chi connectivity index (χ2v) is 5.74. The molecule has 2 aliphatic rings. The van der Waals surface area contributed by atoms with Crippen molar-refractivity contribution in [2.45, 2.75) is 38.5 Å². The Morgan fingerprint density at radius 3 is 2.76 bits per heavy atom. The fourth-order valence-electron chi connectivity index (χ4n) is 2.73. The van der Waals surface area contributed by atoms with Crippen molar-refractivity contribution >= 4 is 0 Å². The molecule has 2 fully saturated rings. The highest BCUT2D eigenvalue weighted by Gasteiger charge is 2.24. The minimum Gasteiger partial charge on any atom is -0.374 e. The smallest absolute Gasteiger partial charge is 0.0826 e. The van der Waals surface area contributed by atoms with Gasteiger partial charge in [0.1, 0.15) is 0 Å². The van der Waals surface area contributed by atoms with Crippen molar-refractivity contribution in [2.24, 2.45) is 0 Å². The van der Waals surface area contributed by atoms with Gasteiger partial charge in [-0.05, 0) is 33.9 Å². The van der Waals surface area contributed by atoms with E-state index < -0.39 is 0 Å². The van der Waals surface area contributed by atoms with Crippen molar-refractivity contribution in [1.82, 2.24) is 15.1 Å². The van der Waals surface area contributed by atoms with E-state index in [-0.39, 0.29) is 0 Å². The van der Waals surface area contributed by atoms with Gasteiger partial charge in [0, 0.05) is 38.3 Å². The monoisotopic (exact) mass is 241 g/mol. The fourth-order valence-corrected chi connectivity index (χ4v) is 2.73. The molecule has 2 unspecified atom stereocenters. The molecule has 2 saturated heterocycles. The minimum absolute atomic E-state index is 0.372. The molecule has 0 bridgehead atoms. The number of nitrogens with zero attached hydrogens (tertiary/aromatic N) is 2. The number of morpholine rings is 1. The summed E-state index contributed by atoms with van der Waals surface area (Å²) in [5, 5.41) is 3.65. The van der Waals surface area contributed by atoms with Gasteiger partial charge in [-0.25, -0.2) is 0 Å². The Bertz CT molecular complexity index is 235. The first-order valence-electron chi connectivity index (χ1n) is 6.92. The van der Waals surface area contributed by atoms with Crippen LogP contribution in [0.25, 0.3) is 0 Å². The van der Waals surface area contributed by atoms with Gasteiger partial charge in [-0.1, -0.05) is 0 Å². The third kappa shape index (κ3) is 3.91. The van der Waals surface area contributed by atoms with E-state index in [1.165, 1.54) is 19.5 Å². The van der Waals surface area contributed by atoms with Crippen LogP contribution in [0.3, 0.4) is 0 Å².